The van der Waals surface area contributed by atoms with E-state index in [1.54, 1.807) is 31.4 Å². The average Bonchev–Trinajstić information content (AvgIpc) is 3.65. The number of likely N-dealkylation sites (tertiary alicyclic amines) is 1. The summed E-state index contributed by atoms with van der Waals surface area (Å²) >= 11 is 6.00. The van der Waals surface area contributed by atoms with Gasteiger partial charge in [0.05, 0.1) is 25.9 Å². The largest absolute Gasteiger partial charge is 0.497 e. The Bertz CT molecular complexity index is 1050. The van der Waals surface area contributed by atoms with Crippen LogP contribution < -0.4 is 10.1 Å². The Kier molecular flexibility index (Phi) is 5.39. The number of piperidine rings is 1. The van der Waals surface area contributed by atoms with Crippen molar-refractivity contribution in [2.75, 3.05) is 26.8 Å². The minimum Gasteiger partial charge on any atom is -0.497 e. The summed E-state index contributed by atoms with van der Waals surface area (Å²) in [7, 11) is 1.73. The van der Waals surface area contributed by atoms with E-state index >= 15 is 0 Å². The van der Waals surface area contributed by atoms with Gasteiger partial charge in [-0.3, -0.25) is 9.69 Å². The van der Waals surface area contributed by atoms with Gasteiger partial charge in [-0.25, -0.2) is 0 Å². The van der Waals surface area contributed by atoms with Crippen LogP contribution >= 0.6 is 11.6 Å². The molecule has 174 valence electrons. The summed E-state index contributed by atoms with van der Waals surface area (Å²) in [5, 5.41) is 3.88. The molecule has 6 rings (SSSR count). The van der Waals surface area contributed by atoms with E-state index in [0.29, 0.717) is 23.2 Å². The van der Waals surface area contributed by atoms with E-state index in [4.69, 9.17) is 21.1 Å². The maximum Gasteiger partial charge on any atom is 0.251 e. The van der Waals surface area contributed by atoms with Crippen molar-refractivity contribution in [3.05, 3.63) is 64.2 Å². The van der Waals surface area contributed by atoms with Crippen LogP contribution in [0.5, 0.6) is 5.75 Å². The first kappa shape index (κ1) is 21.5. The van der Waals surface area contributed by atoms with Crippen LogP contribution in [0, 0.1) is 5.92 Å². The first-order valence-corrected chi connectivity index (χ1v) is 12.5. The molecule has 2 heterocycles. The summed E-state index contributed by atoms with van der Waals surface area (Å²) in [5.41, 5.74) is 3.30. The van der Waals surface area contributed by atoms with E-state index in [0.717, 1.165) is 37.5 Å². The molecule has 3 fully saturated rings. The van der Waals surface area contributed by atoms with E-state index in [9.17, 15) is 4.79 Å². The van der Waals surface area contributed by atoms with Crippen molar-refractivity contribution in [1.29, 1.82) is 0 Å². The molecule has 2 saturated heterocycles. The van der Waals surface area contributed by atoms with Gasteiger partial charge in [0.15, 0.2) is 0 Å². The minimum atomic E-state index is -0.0942. The fourth-order valence-electron chi connectivity index (χ4n) is 6.42. The molecular formula is C27H31ClN2O3. The molecule has 2 aliphatic heterocycles. The van der Waals surface area contributed by atoms with Crippen LogP contribution in [0.4, 0.5) is 0 Å². The van der Waals surface area contributed by atoms with E-state index in [2.05, 4.69) is 28.4 Å². The lowest BCUT2D eigenvalue weighted by Crippen LogP contribution is -2.68. The molecule has 2 bridgehead atoms. The Hall–Kier alpha value is -2.08. The van der Waals surface area contributed by atoms with Crippen molar-refractivity contribution in [1.82, 2.24) is 10.2 Å². The van der Waals surface area contributed by atoms with Crippen molar-refractivity contribution in [3.8, 4) is 5.75 Å². The fourth-order valence-corrected chi connectivity index (χ4v) is 6.55. The lowest BCUT2D eigenvalue weighted by atomic mass is 9.58. The number of nitrogens with zero attached hydrogens (tertiary/aromatic N) is 1. The zero-order valence-corrected chi connectivity index (χ0v) is 19.8. The number of methoxy groups -OCH3 is 1. The fraction of sp³-hybridized carbons (Fsp3) is 0.519. The molecule has 0 aromatic heterocycles. The van der Waals surface area contributed by atoms with Gasteiger partial charge in [-0.1, -0.05) is 17.7 Å². The van der Waals surface area contributed by atoms with Crippen molar-refractivity contribution < 1.29 is 14.3 Å². The Morgan fingerprint density at radius 2 is 2.06 bits per heavy atom. The highest BCUT2D eigenvalue weighted by atomic mass is 35.5. The normalized spacial score (nSPS) is 30.8. The monoisotopic (exact) mass is 466 g/mol. The second-order valence-electron chi connectivity index (χ2n) is 10.3. The van der Waals surface area contributed by atoms with Gasteiger partial charge in [0.1, 0.15) is 5.75 Å². The summed E-state index contributed by atoms with van der Waals surface area (Å²) in [6.45, 7) is 2.84. The number of fused-ring (bicyclic) bond motifs is 1. The number of hydrogen-bond donors (Lipinski definition) is 1. The van der Waals surface area contributed by atoms with E-state index in [1.165, 1.54) is 30.5 Å². The number of nitrogens with one attached hydrogen (secondary N) is 1. The summed E-state index contributed by atoms with van der Waals surface area (Å²) in [6, 6.07) is 14.0. The number of benzene rings is 2. The second kappa shape index (κ2) is 8.30. The number of amides is 1. The van der Waals surface area contributed by atoms with Crippen molar-refractivity contribution >= 4 is 17.5 Å². The van der Waals surface area contributed by atoms with Gasteiger partial charge in [-0.15, -0.1) is 0 Å². The summed E-state index contributed by atoms with van der Waals surface area (Å²) < 4.78 is 12.3. The number of carbonyl (C=O) groups excluding carboxylic acids is 1. The van der Waals surface area contributed by atoms with Crippen molar-refractivity contribution in [3.63, 3.8) is 0 Å². The quantitative estimate of drug-likeness (QED) is 0.717. The van der Waals surface area contributed by atoms with Crippen molar-refractivity contribution in [2.45, 2.75) is 55.7 Å². The van der Waals surface area contributed by atoms with Gasteiger partial charge in [-0.05, 0) is 92.1 Å². The smallest absolute Gasteiger partial charge is 0.251 e. The number of halogens is 1. The zero-order valence-electron chi connectivity index (χ0n) is 19.1. The lowest BCUT2D eigenvalue weighted by Gasteiger charge is -2.59. The molecule has 33 heavy (non-hydrogen) atoms. The summed E-state index contributed by atoms with van der Waals surface area (Å²) in [4.78, 5) is 15.6. The average molecular weight is 467 g/mol. The maximum atomic E-state index is 12.9. The molecule has 2 aromatic rings. The standard InChI is InChI=1S/C27H31ClN2O3/c1-32-22-9-6-19-12-24-25-27(23(19)13-22,10-11-30(24)15-17-2-3-17)14-21(16-33-25)29-26(31)18-4-7-20(28)8-5-18/h4-9,13,17,21,24-25H,2-3,10-12,14-16H2,1H3,(H,29,31). The molecule has 5 nitrogen and oxygen atoms in total. The predicted molar refractivity (Wildman–Crippen MR) is 128 cm³/mol. The first-order valence-electron chi connectivity index (χ1n) is 12.2. The van der Waals surface area contributed by atoms with Crippen LogP contribution in [0.15, 0.2) is 42.5 Å². The Labute approximate surface area is 200 Å². The molecule has 4 aliphatic rings. The van der Waals surface area contributed by atoms with Crippen LogP contribution in [0.2, 0.25) is 5.02 Å². The Balaban J connectivity index is 1.30. The predicted octanol–water partition coefficient (Wildman–Crippen LogP) is 4.21. The van der Waals surface area contributed by atoms with Crippen molar-refractivity contribution in [2.24, 2.45) is 5.92 Å². The van der Waals surface area contributed by atoms with E-state index in [-0.39, 0.29) is 23.5 Å². The molecular weight excluding hydrogens is 436 g/mol. The van der Waals surface area contributed by atoms with E-state index in [1.807, 2.05) is 0 Å². The van der Waals surface area contributed by atoms with Gasteiger partial charge < -0.3 is 14.8 Å². The molecule has 6 heteroatoms. The number of carbonyl (C=O) groups is 1. The zero-order chi connectivity index (χ0) is 22.6. The molecule has 0 spiro atoms. The highest BCUT2D eigenvalue weighted by Gasteiger charge is 2.57. The van der Waals surface area contributed by atoms with Crippen LogP contribution in [0.3, 0.4) is 0 Å². The molecule has 4 atom stereocenters. The summed E-state index contributed by atoms with van der Waals surface area (Å²) in [6.07, 6.45) is 5.87. The number of rotatable bonds is 5. The highest BCUT2D eigenvalue weighted by Crippen LogP contribution is 2.52. The summed E-state index contributed by atoms with van der Waals surface area (Å²) in [5.74, 6) is 1.69. The molecule has 1 N–H and O–H groups in total. The second-order valence-corrected chi connectivity index (χ2v) is 10.7. The topological polar surface area (TPSA) is 50.8 Å². The molecule has 2 aliphatic carbocycles. The van der Waals surface area contributed by atoms with Gasteiger partial charge in [-0.2, -0.15) is 0 Å². The molecule has 1 amide bonds. The van der Waals surface area contributed by atoms with Crippen LogP contribution in [-0.2, 0) is 16.6 Å². The van der Waals surface area contributed by atoms with Gasteiger partial charge >= 0.3 is 0 Å². The van der Waals surface area contributed by atoms with Gasteiger partial charge in [0.25, 0.3) is 5.91 Å². The highest BCUT2D eigenvalue weighted by molar-refractivity contribution is 6.30. The third-order valence-corrected chi connectivity index (χ3v) is 8.46. The van der Waals surface area contributed by atoms with Crippen LogP contribution in [0.1, 0.15) is 47.2 Å². The van der Waals surface area contributed by atoms with Gasteiger partial charge in [0, 0.05) is 28.6 Å². The Morgan fingerprint density at radius 1 is 1.24 bits per heavy atom. The van der Waals surface area contributed by atoms with Gasteiger partial charge in [0.2, 0.25) is 0 Å². The maximum absolute atomic E-state index is 12.9. The van der Waals surface area contributed by atoms with E-state index < -0.39 is 0 Å². The molecule has 0 radical (unpaired) electrons. The first-order chi connectivity index (χ1) is 16.1. The Morgan fingerprint density at radius 3 is 2.82 bits per heavy atom. The van der Waals surface area contributed by atoms with Crippen LogP contribution in [0.25, 0.3) is 0 Å². The third kappa shape index (κ3) is 3.84. The third-order valence-electron chi connectivity index (χ3n) is 8.21. The molecule has 1 saturated carbocycles. The minimum absolute atomic E-state index is 0.0304. The SMILES string of the molecule is COc1ccc2c(c1)C13CCN(CC4CC4)C(C2)C1OCC(NC(=O)c1ccc(Cl)cc1)C3. The van der Waals surface area contributed by atoms with Crippen LogP contribution in [-0.4, -0.2) is 55.8 Å². The number of hydrogen-bond acceptors (Lipinski definition) is 4. The molecule has 4 unspecified atom stereocenters. The lowest BCUT2D eigenvalue weighted by molar-refractivity contribution is -0.136. The number of ether oxygens (including phenoxy) is 2. The molecule has 2 aromatic carbocycles.